The highest BCUT2D eigenvalue weighted by molar-refractivity contribution is 7.90. The highest BCUT2D eigenvalue weighted by Crippen LogP contribution is 2.32. The van der Waals surface area contributed by atoms with E-state index in [4.69, 9.17) is 14.5 Å². The summed E-state index contributed by atoms with van der Waals surface area (Å²) in [7, 11) is 7.83. The molecule has 0 aromatic heterocycles. The number of nitrogens with one attached hydrogen (secondary N) is 1. The molecule has 432 valence electrons. The van der Waals surface area contributed by atoms with Crippen molar-refractivity contribution in [3.63, 3.8) is 0 Å². The molecule has 1 heterocycles. The molecular weight excluding hydrogens is 1040 g/mol. The van der Waals surface area contributed by atoms with Crippen molar-refractivity contribution in [2.75, 3.05) is 61.8 Å². The first-order chi connectivity index (χ1) is 36.1. The van der Waals surface area contributed by atoms with Crippen LogP contribution in [0.4, 0.5) is 22.0 Å². The number of guanidine groups is 1. The molecule has 8 atom stereocenters. The predicted molar refractivity (Wildman–Crippen MR) is 279 cm³/mol. The number of likely N-dealkylation sites (N-methyl/N-ethyl adjacent to an activating group) is 1. The quantitative estimate of drug-likeness (QED) is 0.0124. The van der Waals surface area contributed by atoms with Crippen LogP contribution in [0.3, 0.4) is 0 Å². The van der Waals surface area contributed by atoms with E-state index in [0.29, 0.717) is 37.3 Å². The van der Waals surface area contributed by atoms with Crippen molar-refractivity contribution in [2.24, 2.45) is 28.7 Å². The van der Waals surface area contributed by atoms with Crippen molar-refractivity contribution < 1.29 is 73.3 Å². The van der Waals surface area contributed by atoms with Crippen LogP contribution in [-0.2, 0) is 54.7 Å². The molecule has 3 rings (SSSR count). The van der Waals surface area contributed by atoms with Crippen LogP contribution in [0.1, 0.15) is 111 Å². The van der Waals surface area contributed by atoms with Gasteiger partial charge < -0.3 is 33.8 Å². The minimum Gasteiger partial charge on any atom is -0.420 e. The maximum absolute atomic E-state index is 14.5. The number of hydrogen-bond donors (Lipinski definition) is 1. The molecule has 1 aliphatic heterocycles. The Hall–Kier alpha value is -5.55. The van der Waals surface area contributed by atoms with Crippen LogP contribution in [0.5, 0.6) is 5.75 Å². The van der Waals surface area contributed by atoms with Crippen molar-refractivity contribution in [1.29, 1.82) is 0 Å². The molecule has 1 aliphatic rings. The maximum atomic E-state index is 14.5. The molecule has 23 heteroatoms. The third-order valence-corrected chi connectivity index (χ3v) is 15.4. The molecule has 1 fully saturated rings. The number of methoxy groups -OCH3 is 2. The first kappa shape index (κ1) is 65.7. The van der Waals surface area contributed by atoms with Gasteiger partial charge in [-0.2, -0.15) is 8.78 Å². The van der Waals surface area contributed by atoms with Gasteiger partial charge in [0.25, 0.3) is 0 Å². The first-order valence-electron chi connectivity index (χ1n) is 26.0. The van der Waals surface area contributed by atoms with Gasteiger partial charge in [-0.15, -0.1) is 0 Å². The van der Waals surface area contributed by atoms with Crippen LogP contribution in [-0.4, -0.2) is 161 Å². The summed E-state index contributed by atoms with van der Waals surface area (Å²) in [6, 6.07) is 6.98. The second-order valence-electron chi connectivity index (χ2n) is 20.6. The van der Waals surface area contributed by atoms with Gasteiger partial charge >= 0.3 is 5.97 Å². The van der Waals surface area contributed by atoms with E-state index in [1.165, 1.54) is 14.2 Å². The molecule has 0 radical (unpaired) electrons. The van der Waals surface area contributed by atoms with E-state index in [2.05, 4.69) is 9.46 Å². The van der Waals surface area contributed by atoms with E-state index in [9.17, 15) is 59.1 Å². The zero-order valence-corrected chi connectivity index (χ0v) is 47.3. The van der Waals surface area contributed by atoms with E-state index in [-0.39, 0.29) is 75.0 Å². The van der Waals surface area contributed by atoms with Gasteiger partial charge in [-0.3, -0.25) is 33.5 Å². The van der Waals surface area contributed by atoms with Crippen LogP contribution in [0.15, 0.2) is 35.3 Å². The summed E-state index contributed by atoms with van der Waals surface area (Å²) >= 11 is 0. The number of carbonyl (C=O) groups excluding carboxylic acids is 6. The van der Waals surface area contributed by atoms with E-state index in [1.807, 2.05) is 65.7 Å². The smallest absolute Gasteiger partial charge is 0.311 e. The van der Waals surface area contributed by atoms with E-state index < -0.39 is 123 Å². The minimum atomic E-state index is -4.28. The standard InChI is InChI=1S/C54H79F5N6O11S/c1-13-33(4)49(64(10)53(71)48(32(2)3)60-54(62(6)7)63(8)9)40(74-11)31-41(68)65-27-20-25-38(65)50(75-12)34(5)39(67)30-36(29-35-21-15-14-16-22-35)52(70)61-77(72,73)28-18-17-23-37(66)24-19-26-42(69)76-51-46(58)44(56)43(55)45(57)47(51)59/h14-16,21-22,32-34,36,38,40,48-50H,13,17-20,23-31H2,1-12H3,(H,61,70)/t33-,34-,36+,38-,40+,48-,49-,50+/m0/s1. The SMILES string of the molecule is CC[C@H](C)[C@@H]([C@@H](CC(=O)N1CCC[C@H]1[C@H](OC)[C@@H](C)C(=O)C[C@@H](Cc1ccccc1)C(=O)NS(=O)(=O)CCCCC(=O)CCCC(=O)Oc1c(F)c(F)c(F)c(F)c1F)OC)N(C)C(=O)[C@@H](N=C(N(C)C)N(C)C)C(C)C. The van der Waals surface area contributed by atoms with Gasteiger partial charge in [-0.25, -0.2) is 26.6 Å². The summed E-state index contributed by atoms with van der Waals surface area (Å²) in [6.07, 6.45) is -1.31. The van der Waals surface area contributed by atoms with Crippen LogP contribution in [0.25, 0.3) is 0 Å². The van der Waals surface area contributed by atoms with Crippen molar-refractivity contribution >= 4 is 51.2 Å². The van der Waals surface area contributed by atoms with E-state index in [0.717, 1.165) is 0 Å². The number of hydrogen-bond acceptors (Lipinski definition) is 12. The molecule has 2 aromatic rings. The fourth-order valence-corrected chi connectivity index (χ4v) is 10.8. The number of nitrogens with zero attached hydrogens (tertiary/aromatic N) is 5. The lowest BCUT2D eigenvalue weighted by atomic mass is 9.85. The number of Topliss-reactive ketones (excluding diaryl/α,β-unsaturated/α-hetero) is 2. The van der Waals surface area contributed by atoms with Gasteiger partial charge in [0.15, 0.2) is 5.96 Å². The number of sulfonamides is 1. The number of esters is 1. The minimum absolute atomic E-state index is 0.0133. The third kappa shape index (κ3) is 18.5. The van der Waals surface area contributed by atoms with Crippen molar-refractivity contribution in [2.45, 2.75) is 142 Å². The number of rotatable bonds is 30. The normalized spacial score (nSPS) is 16.4. The van der Waals surface area contributed by atoms with Crippen LogP contribution < -0.4 is 9.46 Å². The molecule has 3 amide bonds. The number of likely N-dealkylation sites (tertiary alicyclic amines) is 1. The monoisotopic (exact) mass is 1110 g/mol. The van der Waals surface area contributed by atoms with Crippen LogP contribution in [0, 0.1) is 52.8 Å². The highest BCUT2D eigenvalue weighted by Gasteiger charge is 2.43. The first-order valence-corrected chi connectivity index (χ1v) is 27.7. The molecule has 1 saturated heterocycles. The maximum Gasteiger partial charge on any atom is 0.311 e. The predicted octanol–water partition coefficient (Wildman–Crippen LogP) is 6.89. The molecular formula is C54H79F5N6O11S. The largest absolute Gasteiger partial charge is 0.420 e. The molecule has 17 nitrogen and oxygen atoms in total. The second-order valence-corrected chi connectivity index (χ2v) is 22.4. The number of halogens is 5. The van der Waals surface area contributed by atoms with E-state index in [1.54, 1.807) is 54.1 Å². The Morgan fingerprint density at radius 2 is 1.38 bits per heavy atom. The van der Waals surface area contributed by atoms with Gasteiger partial charge in [0.1, 0.15) is 17.6 Å². The van der Waals surface area contributed by atoms with E-state index >= 15 is 0 Å². The number of ether oxygens (including phenoxy) is 3. The fourth-order valence-electron chi connectivity index (χ4n) is 9.67. The summed E-state index contributed by atoms with van der Waals surface area (Å²) in [5.74, 6) is -19.1. The Morgan fingerprint density at radius 1 is 0.792 bits per heavy atom. The number of benzene rings is 2. The lowest BCUT2D eigenvalue weighted by Gasteiger charge is -2.40. The lowest BCUT2D eigenvalue weighted by molar-refractivity contribution is -0.146. The summed E-state index contributed by atoms with van der Waals surface area (Å²) < 4.78 is 113. The Labute approximate surface area is 450 Å². The zero-order chi connectivity index (χ0) is 58.1. The number of ketones is 2. The average molecular weight is 1120 g/mol. The Bertz CT molecular complexity index is 2450. The zero-order valence-electron chi connectivity index (χ0n) is 46.5. The number of aliphatic imine (C=N–C) groups is 1. The Balaban J connectivity index is 1.68. The number of unbranched alkanes of at least 4 members (excludes halogenated alkanes) is 1. The van der Waals surface area contributed by atoms with Gasteiger partial charge in [-0.05, 0) is 55.9 Å². The molecule has 0 unspecified atom stereocenters. The molecule has 77 heavy (non-hydrogen) atoms. The highest BCUT2D eigenvalue weighted by atomic mass is 32.2. The third-order valence-electron chi connectivity index (χ3n) is 14.0. The average Bonchev–Trinajstić information content (AvgIpc) is 3.87. The topological polar surface area (TPSA) is 202 Å². The molecule has 0 aliphatic carbocycles. The van der Waals surface area contributed by atoms with Crippen LogP contribution in [0.2, 0.25) is 0 Å². The number of carbonyl (C=O) groups is 6. The summed E-state index contributed by atoms with van der Waals surface area (Å²) in [5, 5.41) is 0. The summed E-state index contributed by atoms with van der Waals surface area (Å²) in [5.41, 5.74) is 0.667. The molecule has 0 bridgehead atoms. The van der Waals surface area contributed by atoms with Crippen molar-refractivity contribution in [3.8, 4) is 5.75 Å². The van der Waals surface area contributed by atoms with Crippen LogP contribution >= 0.6 is 0 Å². The fraction of sp³-hybridized carbons (Fsp3) is 0.648. The molecule has 2 aromatic carbocycles. The Kier molecular flexibility index (Phi) is 26.1. The van der Waals surface area contributed by atoms with Crippen molar-refractivity contribution in [1.82, 2.24) is 24.3 Å². The van der Waals surface area contributed by atoms with Gasteiger partial charge in [0.2, 0.25) is 62.6 Å². The Morgan fingerprint density at radius 3 is 1.92 bits per heavy atom. The van der Waals surface area contributed by atoms with Gasteiger partial charge in [-0.1, -0.05) is 71.4 Å². The number of amides is 3. The van der Waals surface area contributed by atoms with Gasteiger partial charge in [0, 0.05) is 93.5 Å². The lowest BCUT2D eigenvalue weighted by Crippen LogP contribution is -2.55. The summed E-state index contributed by atoms with van der Waals surface area (Å²) in [4.78, 5) is 93.4. The van der Waals surface area contributed by atoms with Gasteiger partial charge in [0.05, 0.1) is 36.5 Å². The summed E-state index contributed by atoms with van der Waals surface area (Å²) in [6.45, 7) is 9.93. The molecule has 1 N–H and O–H groups in total. The molecule has 0 saturated carbocycles. The van der Waals surface area contributed by atoms with Crippen molar-refractivity contribution in [3.05, 3.63) is 65.0 Å². The molecule has 0 spiro atoms. The second kappa shape index (κ2) is 30.6.